The first-order valence-corrected chi connectivity index (χ1v) is 9.53. The van der Waals surface area contributed by atoms with Crippen molar-refractivity contribution >= 4 is 22.7 Å². The molecular weight excluding hydrogens is 344 g/mol. The minimum Gasteiger partial charge on any atom is -0.461 e. The number of Topliss-reactive ketones (excluding diaryl/α,β-unsaturated/α-hetero) is 1. The molecule has 1 aromatic heterocycles. The lowest BCUT2D eigenvalue weighted by Crippen LogP contribution is -2.41. The van der Waals surface area contributed by atoms with E-state index >= 15 is 0 Å². The largest absolute Gasteiger partial charge is 0.461 e. The van der Waals surface area contributed by atoms with Crippen molar-refractivity contribution in [3.05, 3.63) is 35.5 Å². The first-order chi connectivity index (χ1) is 13.0. The molecule has 2 heterocycles. The topological polar surface area (TPSA) is 69.6 Å². The van der Waals surface area contributed by atoms with E-state index in [-0.39, 0.29) is 17.2 Å². The highest BCUT2D eigenvalue weighted by atomic mass is 16.5. The summed E-state index contributed by atoms with van der Waals surface area (Å²) in [6.45, 7) is 6.64. The van der Waals surface area contributed by atoms with Gasteiger partial charge in [-0.3, -0.25) is 4.79 Å². The summed E-state index contributed by atoms with van der Waals surface area (Å²) in [5, 5.41) is 4.24. The lowest BCUT2D eigenvalue weighted by molar-refractivity contribution is 0.00672. The number of fused-ring (bicyclic) bond motifs is 1. The number of aromatic nitrogens is 1. The van der Waals surface area contributed by atoms with Crippen LogP contribution in [0.25, 0.3) is 10.9 Å². The number of ether oxygens (including phenoxy) is 2. The monoisotopic (exact) mass is 372 g/mol. The van der Waals surface area contributed by atoms with Gasteiger partial charge >= 0.3 is 5.97 Å². The average Bonchev–Trinajstić information content (AvgIpc) is 3.00. The third kappa shape index (κ3) is 4.06. The Labute approximate surface area is 159 Å². The predicted octanol–water partition coefficient (Wildman–Crippen LogP) is 3.04. The van der Waals surface area contributed by atoms with Crippen LogP contribution in [0.1, 0.15) is 47.5 Å². The zero-order valence-corrected chi connectivity index (χ0v) is 16.3. The summed E-state index contributed by atoms with van der Waals surface area (Å²) in [4.78, 5) is 24.5. The Morgan fingerprint density at radius 3 is 2.63 bits per heavy atom. The summed E-state index contributed by atoms with van der Waals surface area (Å²) in [7, 11) is 1.95. The molecule has 6 nitrogen and oxygen atoms in total. The smallest absolute Gasteiger partial charge is 0.354 e. The molecule has 146 valence electrons. The number of nitrogens with one attached hydrogen (secondary N) is 1. The van der Waals surface area contributed by atoms with Crippen molar-refractivity contribution in [1.82, 2.24) is 9.88 Å². The summed E-state index contributed by atoms with van der Waals surface area (Å²) in [5.74, 6) is -0.317. The highest BCUT2D eigenvalue weighted by Gasteiger charge is 2.34. The molecular formula is C21H28N2O4. The van der Waals surface area contributed by atoms with Crippen LogP contribution in [0.5, 0.6) is 0 Å². The standard InChI is InChI=1S/C21H28N2O4/c1-4-27-20(25)19-12-17-6-5-16(15(2)24)11-18(17)23(19)14-21(13-22-3)7-9-26-10-8-21/h5-6,11-12,22H,4,7-10,13-14H2,1-3H3. The molecule has 1 fully saturated rings. The highest BCUT2D eigenvalue weighted by molar-refractivity contribution is 6.00. The van der Waals surface area contributed by atoms with Gasteiger partial charge in [-0.15, -0.1) is 0 Å². The van der Waals surface area contributed by atoms with E-state index in [2.05, 4.69) is 5.32 Å². The number of benzene rings is 1. The number of hydrogen-bond acceptors (Lipinski definition) is 5. The number of ketones is 1. The Balaban J connectivity index is 2.11. The van der Waals surface area contributed by atoms with E-state index in [0.717, 1.165) is 30.3 Å². The molecule has 2 aromatic rings. The number of esters is 1. The second-order valence-electron chi connectivity index (χ2n) is 7.31. The first kappa shape index (κ1) is 19.6. The summed E-state index contributed by atoms with van der Waals surface area (Å²) in [6.07, 6.45) is 1.84. The van der Waals surface area contributed by atoms with Gasteiger partial charge in [0, 0.05) is 48.2 Å². The van der Waals surface area contributed by atoms with Crippen molar-refractivity contribution in [3.63, 3.8) is 0 Å². The molecule has 27 heavy (non-hydrogen) atoms. The summed E-state index contributed by atoms with van der Waals surface area (Å²) >= 11 is 0. The van der Waals surface area contributed by atoms with Gasteiger partial charge in [0.25, 0.3) is 0 Å². The Hall–Kier alpha value is -2.18. The fraction of sp³-hybridized carbons (Fsp3) is 0.524. The maximum absolute atomic E-state index is 12.6. The van der Waals surface area contributed by atoms with E-state index in [9.17, 15) is 9.59 Å². The van der Waals surface area contributed by atoms with Gasteiger partial charge in [0.2, 0.25) is 0 Å². The molecule has 0 aliphatic carbocycles. The van der Waals surface area contributed by atoms with E-state index in [0.29, 0.717) is 37.6 Å². The second-order valence-corrected chi connectivity index (χ2v) is 7.31. The van der Waals surface area contributed by atoms with Crippen LogP contribution in [0.2, 0.25) is 0 Å². The van der Waals surface area contributed by atoms with E-state index < -0.39 is 0 Å². The predicted molar refractivity (Wildman–Crippen MR) is 104 cm³/mol. The number of nitrogens with zero attached hydrogens (tertiary/aromatic N) is 1. The summed E-state index contributed by atoms with van der Waals surface area (Å²) in [6, 6.07) is 7.46. The molecule has 0 saturated carbocycles. The summed E-state index contributed by atoms with van der Waals surface area (Å²) in [5.41, 5.74) is 2.07. The third-order valence-corrected chi connectivity index (χ3v) is 5.39. The zero-order valence-electron chi connectivity index (χ0n) is 16.3. The van der Waals surface area contributed by atoms with E-state index in [4.69, 9.17) is 9.47 Å². The molecule has 3 rings (SSSR count). The normalized spacial score (nSPS) is 16.4. The van der Waals surface area contributed by atoms with Crippen LogP contribution in [0.3, 0.4) is 0 Å². The highest BCUT2D eigenvalue weighted by Crippen LogP contribution is 2.35. The number of carbonyl (C=O) groups is 2. The van der Waals surface area contributed by atoms with Crippen molar-refractivity contribution in [2.45, 2.75) is 33.2 Å². The van der Waals surface area contributed by atoms with Crippen LogP contribution in [0.15, 0.2) is 24.3 Å². The number of carbonyl (C=O) groups excluding carboxylic acids is 2. The Kier molecular flexibility index (Phi) is 5.97. The van der Waals surface area contributed by atoms with Gasteiger partial charge in [-0.25, -0.2) is 4.79 Å². The van der Waals surface area contributed by atoms with Crippen LogP contribution >= 0.6 is 0 Å². The fourth-order valence-electron chi connectivity index (χ4n) is 3.92. The molecule has 0 bridgehead atoms. The van der Waals surface area contributed by atoms with Crippen LogP contribution in [-0.4, -0.2) is 49.7 Å². The SMILES string of the molecule is CCOC(=O)c1cc2ccc(C(C)=O)cc2n1CC1(CNC)CCOCC1. The van der Waals surface area contributed by atoms with Gasteiger partial charge in [-0.05, 0) is 45.9 Å². The lowest BCUT2D eigenvalue weighted by atomic mass is 9.79. The first-order valence-electron chi connectivity index (χ1n) is 9.53. The molecule has 1 N–H and O–H groups in total. The molecule has 0 radical (unpaired) electrons. The van der Waals surface area contributed by atoms with Gasteiger partial charge in [0.1, 0.15) is 5.69 Å². The second kappa shape index (κ2) is 8.23. The van der Waals surface area contributed by atoms with Crippen molar-refractivity contribution in [3.8, 4) is 0 Å². The number of rotatable bonds is 7. The van der Waals surface area contributed by atoms with Crippen molar-refractivity contribution in [2.75, 3.05) is 33.4 Å². The molecule has 1 aromatic carbocycles. The molecule has 1 aliphatic heterocycles. The van der Waals surface area contributed by atoms with Crippen molar-refractivity contribution < 1.29 is 19.1 Å². The molecule has 0 unspecified atom stereocenters. The van der Waals surface area contributed by atoms with E-state index in [1.54, 1.807) is 13.8 Å². The van der Waals surface area contributed by atoms with E-state index in [1.165, 1.54) is 0 Å². The molecule has 1 aliphatic rings. The van der Waals surface area contributed by atoms with E-state index in [1.807, 2.05) is 35.9 Å². The van der Waals surface area contributed by atoms with Gasteiger partial charge in [0.05, 0.1) is 6.61 Å². The van der Waals surface area contributed by atoms with Crippen LogP contribution in [0.4, 0.5) is 0 Å². The maximum atomic E-state index is 12.6. The fourth-order valence-corrected chi connectivity index (χ4v) is 3.92. The van der Waals surface area contributed by atoms with Gasteiger partial charge in [-0.1, -0.05) is 12.1 Å². The molecule has 0 amide bonds. The van der Waals surface area contributed by atoms with Gasteiger partial charge < -0.3 is 19.4 Å². The quantitative estimate of drug-likeness (QED) is 0.598. The minimum absolute atomic E-state index is 0.00752. The van der Waals surface area contributed by atoms with Crippen molar-refractivity contribution in [2.24, 2.45) is 5.41 Å². The Morgan fingerprint density at radius 2 is 2.00 bits per heavy atom. The molecule has 0 spiro atoms. The van der Waals surface area contributed by atoms with Crippen molar-refractivity contribution in [1.29, 1.82) is 0 Å². The Morgan fingerprint density at radius 1 is 1.26 bits per heavy atom. The van der Waals surface area contributed by atoms with Gasteiger partial charge in [0.15, 0.2) is 5.78 Å². The van der Waals surface area contributed by atoms with Crippen LogP contribution < -0.4 is 5.32 Å². The molecule has 1 saturated heterocycles. The lowest BCUT2D eigenvalue weighted by Gasteiger charge is -2.38. The zero-order chi connectivity index (χ0) is 19.4. The third-order valence-electron chi connectivity index (χ3n) is 5.39. The van der Waals surface area contributed by atoms with Crippen LogP contribution in [-0.2, 0) is 16.0 Å². The summed E-state index contributed by atoms with van der Waals surface area (Å²) < 4.78 is 12.9. The van der Waals surface area contributed by atoms with Crippen LogP contribution in [0, 0.1) is 5.41 Å². The Bertz CT molecular complexity index is 829. The number of hydrogen-bond donors (Lipinski definition) is 1. The maximum Gasteiger partial charge on any atom is 0.354 e. The van der Waals surface area contributed by atoms with Gasteiger partial charge in [-0.2, -0.15) is 0 Å². The minimum atomic E-state index is -0.329. The molecule has 6 heteroatoms. The molecule has 0 atom stereocenters. The average molecular weight is 372 g/mol.